The Balaban J connectivity index is 1.30. The third-order valence-corrected chi connectivity index (χ3v) is 9.46. The van der Waals surface area contributed by atoms with Crippen molar-refractivity contribution in [2.75, 3.05) is 19.0 Å². The lowest BCUT2D eigenvalue weighted by molar-refractivity contribution is 0.118. The quantitative estimate of drug-likeness (QED) is 0.284. The highest BCUT2D eigenvalue weighted by Gasteiger charge is 2.47. The van der Waals surface area contributed by atoms with E-state index in [-0.39, 0.29) is 30.8 Å². The van der Waals surface area contributed by atoms with Crippen molar-refractivity contribution in [3.63, 3.8) is 0 Å². The number of aromatic nitrogens is 1. The second-order valence-corrected chi connectivity index (χ2v) is 12.1. The zero-order valence-corrected chi connectivity index (χ0v) is 22.2. The first-order valence-corrected chi connectivity index (χ1v) is 14.8. The molecule has 3 heterocycles. The van der Waals surface area contributed by atoms with Crippen LogP contribution in [-0.2, 0) is 14.6 Å². The molecule has 3 aromatic carbocycles. The lowest BCUT2D eigenvalue weighted by Crippen LogP contribution is -2.19. The number of phenolic OH excluding ortho intramolecular Hbond substituents is 1. The van der Waals surface area contributed by atoms with Crippen LogP contribution in [0.15, 0.2) is 102 Å². The minimum atomic E-state index is -3.31. The van der Waals surface area contributed by atoms with Crippen LogP contribution in [0.2, 0.25) is 0 Å². The van der Waals surface area contributed by atoms with Crippen LogP contribution < -0.4 is 4.74 Å². The molecule has 0 spiro atoms. The van der Waals surface area contributed by atoms with E-state index in [1.165, 1.54) is 0 Å². The van der Waals surface area contributed by atoms with Crippen molar-refractivity contribution >= 4 is 32.3 Å². The summed E-state index contributed by atoms with van der Waals surface area (Å²) in [7, 11) is -3.31. The number of hydrogen-bond acceptors (Lipinski definition) is 6. The minimum Gasteiger partial charge on any atom is -0.507 e. The second kappa shape index (κ2) is 10.7. The Morgan fingerprint density at radius 1 is 0.974 bits per heavy atom. The van der Waals surface area contributed by atoms with Crippen molar-refractivity contribution in [2.24, 2.45) is 0 Å². The van der Waals surface area contributed by atoms with Gasteiger partial charge in [-0.1, -0.05) is 54.6 Å². The Hall–Kier alpha value is -3.94. The largest absolute Gasteiger partial charge is 0.507 e. The number of rotatable bonds is 8. The van der Waals surface area contributed by atoms with Crippen LogP contribution in [0.5, 0.6) is 11.5 Å². The lowest BCUT2D eigenvalue weighted by atomic mass is 9.94. The maximum Gasteiger partial charge on any atom is 0.163 e. The summed E-state index contributed by atoms with van der Waals surface area (Å²) in [6.07, 6.45) is 4.83. The zero-order chi connectivity index (χ0) is 26.8. The molecule has 0 unspecified atom stereocenters. The predicted octanol–water partition coefficient (Wildman–Crippen LogP) is 5.83. The van der Waals surface area contributed by atoms with Gasteiger partial charge in [0, 0.05) is 11.6 Å². The molecule has 1 aromatic heterocycles. The average molecular weight is 540 g/mol. The number of hydrogen-bond donors (Lipinski definition) is 1. The topological polar surface area (TPSA) is 85.7 Å². The van der Waals surface area contributed by atoms with E-state index < -0.39 is 15.1 Å². The summed E-state index contributed by atoms with van der Waals surface area (Å²) in [5.74, 6) is 0.970. The van der Waals surface area contributed by atoms with Crippen molar-refractivity contribution in [3.05, 3.63) is 114 Å². The van der Waals surface area contributed by atoms with Gasteiger partial charge >= 0.3 is 0 Å². The Morgan fingerprint density at radius 3 is 2.54 bits per heavy atom. The van der Waals surface area contributed by atoms with E-state index in [1.807, 2.05) is 78.9 Å². The first-order chi connectivity index (χ1) is 19.0. The number of pyridine rings is 1. The molecule has 1 fully saturated rings. The summed E-state index contributed by atoms with van der Waals surface area (Å²) in [6.45, 7) is 0.416. The van der Waals surface area contributed by atoms with Crippen LogP contribution in [-0.4, -0.2) is 48.8 Å². The van der Waals surface area contributed by atoms with Gasteiger partial charge in [0.2, 0.25) is 0 Å². The molecule has 1 N–H and O–H groups in total. The lowest BCUT2D eigenvalue weighted by Gasteiger charge is -2.16. The summed E-state index contributed by atoms with van der Waals surface area (Å²) in [4.78, 5) is 4.60. The molecular formula is C32H29NO5S. The molecule has 0 amide bonds. The third-order valence-electron chi connectivity index (χ3n) is 7.45. The molecular weight excluding hydrogens is 510 g/mol. The summed E-state index contributed by atoms with van der Waals surface area (Å²) in [5.41, 5.74) is 4.52. The standard InChI is InChI=1S/C32H29NO5S/c34-29-15-13-22(26-10-4-5-11-27(26)29)18-23(28-12-6-7-17-33-28)14-16-30-32-24(19-37-25-8-2-1-3-9-25)21-39(35,36)31(32)20-38-30/h1-13,15,17-18,30-31,34H,14,16,19-21H2/b23-18-/t30-,31+/m1/s1. The Kier molecular flexibility index (Phi) is 6.94. The molecule has 2 aliphatic rings. The molecule has 0 bridgehead atoms. The maximum atomic E-state index is 12.9. The molecule has 0 saturated carbocycles. The van der Waals surface area contributed by atoms with Gasteiger partial charge in [0.1, 0.15) is 23.4 Å². The highest BCUT2D eigenvalue weighted by atomic mass is 32.2. The van der Waals surface area contributed by atoms with Gasteiger partial charge in [-0.15, -0.1) is 0 Å². The fourth-order valence-corrected chi connectivity index (χ4v) is 7.48. The highest BCUT2D eigenvalue weighted by Crippen LogP contribution is 2.40. The molecule has 0 aliphatic carbocycles. The van der Waals surface area contributed by atoms with Crippen molar-refractivity contribution in [2.45, 2.75) is 24.2 Å². The molecule has 7 heteroatoms. The third kappa shape index (κ3) is 5.20. The number of para-hydroxylation sites is 1. The van der Waals surface area contributed by atoms with Gasteiger partial charge in [0.25, 0.3) is 0 Å². The van der Waals surface area contributed by atoms with Crippen LogP contribution in [0.1, 0.15) is 24.1 Å². The molecule has 2 atom stereocenters. The second-order valence-electron chi connectivity index (χ2n) is 9.92. The van der Waals surface area contributed by atoms with Crippen LogP contribution in [0.4, 0.5) is 0 Å². The Bertz CT molecular complexity index is 1660. The fourth-order valence-electron chi connectivity index (χ4n) is 5.55. The molecule has 2 aliphatic heterocycles. The molecule has 198 valence electrons. The fraction of sp³-hybridized carbons (Fsp3) is 0.219. The first-order valence-electron chi connectivity index (χ1n) is 13.0. The summed E-state index contributed by atoms with van der Waals surface area (Å²) in [5, 5.41) is 11.5. The van der Waals surface area contributed by atoms with Crippen LogP contribution >= 0.6 is 0 Å². The molecule has 0 radical (unpaired) electrons. The molecule has 4 aromatic rings. The van der Waals surface area contributed by atoms with Gasteiger partial charge in [-0.3, -0.25) is 4.98 Å². The predicted molar refractivity (Wildman–Crippen MR) is 153 cm³/mol. The maximum absolute atomic E-state index is 12.9. The van der Waals surface area contributed by atoms with E-state index in [0.717, 1.165) is 38.7 Å². The SMILES string of the molecule is O=S1(=O)CC(COc2ccccc2)=C2[C@@H](CC/C(=C/c3ccc(O)c4ccccc34)c3ccccn3)OC[C@@H]21. The number of aromatic hydroxyl groups is 1. The number of fused-ring (bicyclic) bond motifs is 2. The van der Waals surface area contributed by atoms with E-state index in [2.05, 4.69) is 11.1 Å². The van der Waals surface area contributed by atoms with E-state index >= 15 is 0 Å². The van der Waals surface area contributed by atoms with Gasteiger partial charge in [-0.25, -0.2) is 8.42 Å². The van der Waals surface area contributed by atoms with Crippen molar-refractivity contribution in [1.29, 1.82) is 0 Å². The summed E-state index contributed by atoms with van der Waals surface area (Å²) < 4.78 is 37.9. The summed E-state index contributed by atoms with van der Waals surface area (Å²) >= 11 is 0. The monoisotopic (exact) mass is 539 g/mol. The normalized spacial score (nSPS) is 20.4. The smallest absolute Gasteiger partial charge is 0.163 e. The minimum absolute atomic E-state index is 0.0160. The number of phenols is 1. The zero-order valence-electron chi connectivity index (χ0n) is 21.4. The van der Waals surface area contributed by atoms with Gasteiger partial charge in [0.05, 0.1) is 24.2 Å². The molecule has 6 nitrogen and oxygen atoms in total. The van der Waals surface area contributed by atoms with E-state index in [4.69, 9.17) is 9.47 Å². The van der Waals surface area contributed by atoms with E-state index in [1.54, 1.807) is 12.3 Å². The van der Waals surface area contributed by atoms with Gasteiger partial charge in [0.15, 0.2) is 9.84 Å². The highest BCUT2D eigenvalue weighted by molar-refractivity contribution is 7.92. The number of benzene rings is 3. The van der Waals surface area contributed by atoms with E-state index in [9.17, 15) is 13.5 Å². The van der Waals surface area contributed by atoms with Gasteiger partial charge in [-0.05, 0) is 76.9 Å². The number of sulfone groups is 1. The van der Waals surface area contributed by atoms with Crippen molar-refractivity contribution in [3.8, 4) is 11.5 Å². The van der Waals surface area contributed by atoms with Crippen LogP contribution in [0.3, 0.4) is 0 Å². The van der Waals surface area contributed by atoms with Gasteiger partial charge in [-0.2, -0.15) is 0 Å². The number of ether oxygens (including phenoxy) is 2. The first kappa shape index (κ1) is 25.3. The van der Waals surface area contributed by atoms with Crippen LogP contribution in [0, 0.1) is 0 Å². The number of nitrogens with zero attached hydrogens (tertiary/aromatic N) is 1. The molecule has 39 heavy (non-hydrogen) atoms. The van der Waals surface area contributed by atoms with E-state index in [0.29, 0.717) is 18.6 Å². The Morgan fingerprint density at radius 2 is 1.74 bits per heavy atom. The molecule has 1 saturated heterocycles. The van der Waals surface area contributed by atoms with Crippen LogP contribution in [0.25, 0.3) is 22.4 Å². The van der Waals surface area contributed by atoms with Gasteiger partial charge < -0.3 is 14.6 Å². The number of allylic oxidation sites excluding steroid dienone is 1. The van der Waals surface area contributed by atoms with Crippen molar-refractivity contribution < 1.29 is 23.0 Å². The average Bonchev–Trinajstić information content (AvgIpc) is 3.51. The summed E-state index contributed by atoms with van der Waals surface area (Å²) in [6, 6.07) is 26.6. The van der Waals surface area contributed by atoms with Crippen molar-refractivity contribution in [1.82, 2.24) is 4.98 Å². The Labute approximate surface area is 228 Å². The molecule has 6 rings (SSSR count).